The topological polar surface area (TPSA) is 76.7 Å². The van der Waals surface area contributed by atoms with Gasteiger partial charge in [0.2, 0.25) is 0 Å². The van der Waals surface area contributed by atoms with Crippen molar-refractivity contribution in [3.63, 3.8) is 0 Å². The Balaban J connectivity index is 1.93. The molecule has 2 rings (SSSR count). The Morgan fingerprint density at radius 2 is 2.08 bits per heavy atom. The second-order valence-electron chi connectivity index (χ2n) is 6.78. The summed E-state index contributed by atoms with van der Waals surface area (Å²) in [6, 6.07) is 4.80. The molecular formula is C19H27ClN2O4. The second kappa shape index (κ2) is 9.90. The number of hydrogen-bond acceptors (Lipinski definition) is 4. The Kier molecular flexibility index (Phi) is 7.87. The molecule has 144 valence electrons. The molecule has 0 saturated carbocycles. The van der Waals surface area contributed by atoms with Crippen LogP contribution in [0.3, 0.4) is 0 Å². The van der Waals surface area contributed by atoms with E-state index in [1.165, 1.54) is 0 Å². The van der Waals surface area contributed by atoms with Crippen LogP contribution in [0.5, 0.6) is 0 Å². The van der Waals surface area contributed by atoms with Crippen LogP contribution < -0.4 is 10.6 Å². The van der Waals surface area contributed by atoms with Crippen LogP contribution in [0.4, 0.5) is 5.69 Å². The second-order valence-corrected chi connectivity index (χ2v) is 7.18. The van der Waals surface area contributed by atoms with E-state index in [9.17, 15) is 9.59 Å². The molecule has 26 heavy (non-hydrogen) atoms. The Morgan fingerprint density at radius 1 is 1.31 bits per heavy atom. The molecule has 1 aliphatic heterocycles. The van der Waals surface area contributed by atoms with E-state index in [1.807, 2.05) is 13.8 Å². The van der Waals surface area contributed by atoms with Crippen molar-refractivity contribution >= 4 is 29.1 Å². The normalized spacial score (nSPS) is 18.4. The van der Waals surface area contributed by atoms with Crippen LogP contribution in [0.2, 0.25) is 5.02 Å². The lowest BCUT2D eigenvalue weighted by molar-refractivity contribution is -0.130. The first kappa shape index (κ1) is 20.7. The van der Waals surface area contributed by atoms with Crippen LogP contribution in [-0.2, 0) is 14.3 Å². The van der Waals surface area contributed by atoms with E-state index < -0.39 is 6.10 Å². The van der Waals surface area contributed by atoms with Gasteiger partial charge < -0.3 is 20.1 Å². The average Bonchev–Trinajstić information content (AvgIpc) is 2.61. The van der Waals surface area contributed by atoms with Gasteiger partial charge in [0, 0.05) is 18.2 Å². The Hall–Kier alpha value is -1.63. The number of hydrogen-bond donors (Lipinski definition) is 2. The summed E-state index contributed by atoms with van der Waals surface area (Å²) in [7, 11) is 0. The molecule has 2 unspecified atom stereocenters. The third kappa shape index (κ3) is 6.27. The van der Waals surface area contributed by atoms with E-state index in [2.05, 4.69) is 10.6 Å². The van der Waals surface area contributed by atoms with Crippen molar-refractivity contribution in [3.05, 3.63) is 28.8 Å². The minimum Gasteiger partial charge on any atom is -0.376 e. The zero-order chi connectivity index (χ0) is 19.1. The van der Waals surface area contributed by atoms with Crippen LogP contribution in [-0.4, -0.2) is 43.3 Å². The summed E-state index contributed by atoms with van der Waals surface area (Å²) in [6.45, 7) is 6.58. The van der Waals surface area contributed by atoms with Crippen molar-refractivity contribution in [2.75, 3.05) is 18.5 Å². The van der Waals surface area contributed by atoms with E-state index in [1.54, 1.807) is 25.1 Å². The average molecular weight is 383 g/mol. The van der Waals surface area contributed by atoms with Gasteiger partial charge in [-0.2, -0.15) is 0 Å². The molecule has 2 amide bonds. The molecule has 0 aromatic heterocycles. The molecule has 0 spiro atoms. The molecule has 2 atom stereocenters. The first-order valence-corrected chi connectivity index (χ1v) is 9.39. The van der Waals surface area contributed by atoms with Crippen molar-refractivity contribution in [1.29, 1.82) is 0 Å². The highest BCUT2D eigenvalue weighted by Crippen LogP contribution is 2.23. The summed E-state index contributed by atoms with van der Waals surface area (Å²) in [4.78, 5) is 24.5. The number of nitrogens with one attached hydrogen (secondary N) is 2. The van der Waals surface area contributed by atoms with Gasteiger partial charge >= 0.3 is 0 Å². The maximum Gasteiger partial charge on any atom is 0.253 e. The van der Waals surface area contributed by atoms with Crippen molar-refractivity contribution in [2.24, 2.45) is 0 Å². The summed E-state index contributed by atoms with van der Waals surface area (Å²) in [6.07, 6.45) is 2.55. The standard InChI is InChI=1S/C19H27ClN2O4/c1-12(2)21-19(24)14-7-8-16(20)17(10-14)22-18(23)13(3)26-11-15-6-4-5-9-25-15/h7-8,10,12-13,15H,4-6,9,11H2,1-3H3,(H,21,24)(H,22,23). The zero-order valence-corrected chi connectivity index (χ0v) is 16.3. The smallest absolute Gasteiger partial charge is 0.253 e. The van der Waals surface area contributed by atoms with Gasteiger partial charge in [-0.05, 0) is 58.2 Å². The quantitative estimate of drug-likeness (QED) is 0.757. The molecular weight excluding hydrogens is 356 g/mol. The van der Waals surface area contributed by atoms with Crippen molar-refractivity contribution in [3.8, 4) is 0 Å². The first-order chi connectivity index (χ1) is 12.4. The molecule has 1 aromatic carbocycles. The molecule has 2 N–H and O–H groups in total. The number of halogens is 1. The fourth-order valence-corrected chi connectivity index (χ4v) is 2.77. The number of rotatable bonds is 7. The monoisotopic (exact) mass is 382 g/mol. The van der Waals surface area contributed by atoms with E-state index in [-0.39, 0.29) is 24.0 Å². The summed E-state index contributed by atoms with van der Waals surface area (Å²) in [5.41, 5.74) is 0.819. The number of carbonyl (C=O) groups is 2. The van der Waals surface area contributed by atoms with Crippen LogP contribution in [0.1, 0.15) is 50.4 Å². The SMILES string of the molecule is CC(C)NC(=O)c1ccc(Cl)c(NC(=O)C(C)OCC2CCCCO2)c1. The maximum atomic E-state index is 12.4. The highest BCUT2D eigenvalue weighted by molar-refractivity contribution is 6.34. The molecule has 0 bridgehead atoms. The molecule has 1 heterocycles. The molecule has 7 heteroatoms. The van der Waals surface area contributed by atoms with E-state index in [4.69, 9.17) is 21.1 Å². The van der Waals surface area contributed by atoms with Crippen molar-refractivity contribution < 1.29 is 19.1 Å². The molecule has 0 aliphatic carbocycles. The van der Waals surface area contributed by atoms with Crippen molar-refractivity contribution in [2.45, 2.75) is 58.3 Å². The number of benzene rings is 1. The number of carbonyl (C=O) groups excluding carboxylic acids is 2. The van der Waals surface area contributed by atoms with Gasteiger partial charge in [-0.15, -0.1) is 0 Å². The minimum absolute atomic E-state index is 0.0200. The van der Waals surface area contributed by atoms with E-state index in [0.29, 0.717) is 22.9 Å². The van der Waals surface area contributed by atoms with Gasteiger partial charge in [0.15, 0.2) is 0 Å². The zero-order valence-electron chi connectivity index (χ0n) is 15.5. The van der Waals surface area contributed by atoms with Crippen LogP contribution in [0.15, 0.2) is 18.2 Å². The fraction of sp³-hybridized carbons (Fsp3) is 0.579. The fourth-order valence-electron chi connectivity index (χ4n) is 2.61. The van der Waals surface area contributed by atoms with Gasteiger partial charge in [0.05, 0.1) is 23.4 Å². The maximum absolute atomic E-state index is 12.4. The highest BCUT2D eigenvalue weighted by atomic mass is 35.5. The van der Waals surface area contributed by atoms with E-state index >= 15 is 0 Å². The largest absolute Gasteiger partial charge is 0.376 e. The lowest BCUT2D eigenvalue weighted by atomic mass is 10.1. The van der Waals surface area contributed by atoms with Crippen LogP contribution in [0, 0.1) is 0 Å². The summed E-state index contributed by atoms with van der Waals surface area (Å²) < 4.78 is 11.2. The van der Waals surface area contributed by atoms with Crippen molar-refractivity contribution in [1.82, 2.24) is 5.32 Å². The van der Waals surface area contributed by atoms with E-state index in [0.717, 1.165) is 25.9 Å². The molecule has 1 aromatic rings. The third-order valence-electron chi connectivity index (χ3n) is 4.08. The predicted octanol–water partition coefficient (Wildman–Crippen LogP) is 3.39. The molecule has 1 saturated heterocycles. The van der Waals surface area contributed by atoms with Gasteiger partial charge in [0.25, 0.3) is 11.8 Å². The number of anilines is 1. The molecule has 6 nitrogen and oxygen atoms in total. The molecule has 0 radical (unpaired) electrons. The van der Waals surface area contributed by atoms with Gasteiger partial charge in [-0.1, -0.05) is 11.6 Å². The number of ether oxygens (including phenoxy) is 2. The third-order valence-corrected chi connectivity index (χ3v) is 4.41. The lowest BCUT2D eigenvalue weighted by Gasteiger charge is -2.24. The number of amides is 2. The highest BCUT2D eigenvalue weighted by Gasteiger charge is 2.20. The minimum atomic E-state index is -0.648. The summed E-state index contributed by atoms with van der Waals surface area (Å²) in [5.74, 6) is -0.532. The van der Waals surface area contributed by atoms with Gasteiger partial charge in [-0.25, -0.2) is 0 Å². The van der Waals surface area contributed by atoms with Crippen LogP contribution in [0.25, 0.3) is 0 Å². The Bertz CT molecular complexity index is 630. The molecule has 1 fully saturated rings. The molecule has 1 aliphatic rings. The lowest BCUT2D eigenvalue weighted by Crippen LogP contribution is -2.33. The summed E-state index contributed by atoms with van der Waals surface area (Å²) in [5, 5.41) is 5.90. The first-order valence-electron chi connectivity index (χ1n) is 9.01. The Morgan fingerprint density at radius 3 is 2.73 bits per heavy atom. The predicted molar refractivity (Wildman–Crippen MR) is 102 cm³/mol. The summed E-state index contributed by atoms with van der Waals surface area (Å²) >= 11 is 6.15. The Labute approximate surface area is 159 Å². The van der Waals surface area contributed by atoms with Crippen LogP contribution >= 0.6 is 11.6 Å². The van der Waals surface area contributed by atoms with Gasteiger partial charge in [0.1, 0.15) is 6.10 Å². The van der Waals surface area contributed by atoms with Gasteiger partial charge in [-0.3, -0.25) is 9.59 Å².